The summed E-state index contributed by atoms with van der Waals surface area (Å²) in [6, 6.07) is 5.65. The fraction of sp³-hybridized carbons (Fsp3) is 0.389. The molecule has 0 saturated carbocycles. The van der Waals surface area contributed by atoms with E-state index in [1.54, 1.807) is 17.0 Å². The molecule has 0 bridgehead atoms. The second kappa shape index (κ2) is 6.65. The standard InChI is InChI=1S/C18H21FN4O/c1-4-16-20-9-13-10-23(11-15(13)21-16)18(24)17(22(2)3)12-5-7-14(19)8-6-12/h5-9,17H,4,10-11H2,1-3H3/t17-/m1/s1. The van der Waals surface area contributed by atoms with E-state index >= 15 is 0 Å². The Kier molecular flexibility index (Phi) is 4.57. The molecule has 0 unspecified atom stereocenters. The molecule has 1 atom stereocenters. The number of carbonyl (C=O) groups excluding carboxylic acids is 1. The van der Waals surface area contributed by atoms with Crippen LogP contribution in [0.2, 0.25) is 0 Å². The van der Waals surface area contributed by atoms with E-state index in [0.717, 1.165) is 29.1 Å². The number of hydrogen-bond acceptors (Lipinski definition) is 4. The lowest BCUT2D eigenvalue weighted by atomic mass is 10.0. The summed E-state index contributed by atoms with van der Waals surface area (Å²) in [5.41, 5.74) is 2.70. The lowest BCUT2D eigenvalue weighted by Crippen LogP contribution is -2.37. The van der Waals surface area contributed by atoms with Crippen LogP contribution in [-0.4, -0.2) is 39.8 Å². The lowest BCUT2D eigenvalue weighted by Gasteiger charge is -2.28. The van der Waals surface area contributed by atoms with Crippen molar-refractivity contribution in [2.45, 2.75) is 32.5 Å². The summed E-state index contributed by atoms with van der Waals surface area (Å²) < 4.78 is 13.2. The molecule has 5 nitrogen and oxygen atoms in total. The zero-order valence-corrected chi connectivity index (χ0v) is 14.2. The molecule has 0 spiro atoms. The number of likely N-dealkylation sites (N-methyl/N-ethyl adjacent to an activating group) is 1. The quantitative estimate of drug-likeness (QED) is 0.864. The number of nitrogens with zero attached hydrogens (tertiary/aromatic N) is 4. The maximum absolute atomic E-state index is 13.2. The molecule has 1 aromatic heterocycles. The molecule has 0 N–H and O–H groups in total. The van der Waals surface area contributed by atoms with Crippen LogP contribution in [0.5, 0.6) is 0 Å². The van der Waals surface area contributed by atoms with E-state index in [2.05, 4.69) is 9.97 Å². The summed E-state index contributed by atoms with van der Waals surface area (Å²) in [4.78, 5) is 25.5. The summed E-state index contributed by atoms with van der Waals surface area (Å²) in [5, 5.41) is 0. The molecule has 126 valence electrons. The van der Waals surface area contributed by atoms with E-state index in [9.17, 15) is 9.18 Å². The SMILES string of the molecule is CCc1ncc2c(n1)CN(C(=O)[C@@H](c1ccc(F)cc1)N(C)C)C2. The van der Waals surface area contributed by atoms with Gasteiger partial charge in [0.1, 0.15) is 17.7 Å². The lowest BCUT2D eigenvalue weighted by molar-refractivity contribution is -0.137. The first-order valence-corrected chi connectivity index (χ1v) is 8.04. The number of amides is 1. The number of carbonyl (C=O) groups is 1. The molecular weight excluding hydrogens is 307 g/mol. The molecule has 0 radical (unpaired) electrons. The van der Waals surface area contributed by atoms with Gasteiger partial charge in [-0.2, -0.15) is 0 Å². The molecule has 1 aliphatic rings. The van der Waals surface area contributed by atoms with Crippen LogP contribution < -0.4 is 0 Å². The maximum Gasteiger partial charge on any atom is 0.245 e. The van der Waals surface area contributed by atoms with Crippen LogP contribution in [0, 0.1) is 5.82 Å². The fourth-order valence-corrected chi connectivity index (χ4v) is 3.00. The normalized spacial score (nSPS) is 14.8. The Morgan fingerprint density at radius 3 is 2.62 bits per heavy atom. The Bertz CT molecular complexity index is 745. The van der Waals surface area contributed by atoms with Crippen molar-refractivity contribution in [1.82, 2.24) is 19.8 Å². The summed E-state index contributed by atoms with van der Waals surface area (Å²) in [5.74, 6) is 0.480. The number of fused-ring (bicyclic) bond motifs is 1. The number of aromatic nitrogens is 2. The van der Waals surface area contributed by atoms with Crippen LogP contribution in [0.3, 0.4) is 0 Å². The highest BCUT2D eigenvalue weighted by molar-refractivity contribution is 5.83. The summed E-state index contributed by atoms with van der Waals surface area (Å²) in [6.45, 7) is 3.02. The average Bonchev–Trinajstić information content (AvgIpc) is 2.99. The van der Waals surface area contributed by atoms with E-state index in [1.807, 2.05) is 32.1 Å². The Morgan fingerprint density at radius 2 is 2.00 bits per heavy atom. The van der Waals surface area contributed by atoms with Gasteiger partial charge in [0.05, 0.1) is 12.2 Å². The molecular formula is C18H21FN4O. The number of hydrogen-bond donors (Lipinski definition) is 0. The molecule has 1 aromatic carbocycles. The van der Waals surface area contributed by atoms with Gasteiger partial charge in [0, 0.05) is 24.7 Å². The summed E-state index contributed by atoms with van der Waals surface area (Å²) in [6.07, 6.45) is 2.59. The molecule has 3 rings (SSSR count). The Hall–Kier alpha value is -2.34. The summed E-state index contributed by atoms with van der Waals surface area (Å²) in [7, 11) is 3.70. The fourth-order valence-electron chi connectivity index (χ4n) is 3.00. The minimum Gasteiger partial charge on any atom is -0.331 e. The zero-order valence-electron chi connectivity index (χ0n) is 14.2. The van der Waals surface area contributed by atoms with Crippen LogP contribution in [0.25, 0.3) is 0 Å². The number of benzene rings is 1. The van der Waals surface area contributed by atoms with Crippen LogP contribution in [0.4, 0.5) is 4.39 Å². The Morgan fingerprint density at radius 1 is 1.29 bits per heavy atom. The van der Waals surface area contributed by atoms with Gasteiger partial charge in [-0.05, 0) is 31.8 Å². The van der Waals surface area contributed by atoms with Gasteiger partial charge in [-0.15, -0.1) is 0 Å². The van der Waals surface area contributed by atoms with Crippen LogP contribution in [0.1, 0.15) is 35.6 Å². The van der Waals surface area contributed by atoms with Crippen molar-refractivity contribution in [3.8, 4) is 0 Å². The first-order valence-electron chi connectivity index (χ1n) is 8.04. The molecule has 2 aromatic rings. The molecule has 6 heteroatoms. The third-order valence-electron chi connectivity index (χ3n) is 4.27. The van der Waals surface area contributed by atoms with Crippen molar-refractivity contribution in [3.63, 3.8) is 0 Å². The Labute approximate surface area is 141 Å². The van der Waals surface area contributed by atoms with Crippen molar-refractivity contribution < 1.29 is 9.18 Å². The van der Waals surface area contributed by atoms with Gasteiger partial charge in [-0.1, -0.05) is 19.1 Å². The van der Waals surface area contributed by atoms with Crippen molar-refractivity contribution in [3.05, 3.63) is 58.9 Å². The van der Waals surface area contributed by atoms with Crippen LogP contribution in [0.15, 0.2) is 30.5 Å². The highest BCUT2D eigenvalue weighted by Gasteiger charge is 2.32. The van der Waals surface area contributed by atoms with Gasteiger partial charge in [0.2, 0.25) is 5.91 Å². The minimum atomic E-state index is -0.446. The van der Waals surface area contributed by atoms with Crippen LogP contribution >= 0.6 is 0 Å². The minimum absolute atomic E-state index is 0.0114. The van der Waals surface area contributed by atoms with E-state index in [1.165, 1.54) is 12.1 Å². The Balaban J connectivity index is 1.83. The molecule has 24 heavy (non-hydrogen) atoms. The van der Waals surface area contributed by atoms with Crippen LogP contribution in [-0.2, 0) is 24.3 Å². The molecule has 1 aliphatic heterocycles. The second-order valence-electron chi connectivity index (χ2n) is 6.22. The topological polar surface area (TPSA) is 49.3 Å². The summed E-state index contributed by atoms with van der Waals surface area (Å²) >= 11 is 0. The van der Waals surface area contributed by atoms with Gasteiger partial charge in [0.25, 0.3) is 0 Å². The number of halogens is 1. The predicted molar refractivity (Wildman–Crippen MR) is 88.5 cm³/mol. The van der Waals surface area contributed by atoms with E-state index < -0.39 is 6.04 Å². The first kappa shape index (κ1) is 16.5. The molecule has 2 heterocycles. The monoisotopic (exact) mass is 328 g/mol. The molecule has 0 fully saturated rings. The largest absolute Gasteiger partial charge is 0.331 e. The number of aryl methyl sites for hydroxylation is 1. The highest BCUT2D eigenvalue weighted by Crippen LogP contribution is 2.27. The van der Waals surface area contributed by atoms with Crippen molar-refractivity contribution >= 4 is 5.91 Å². The third kappa shape index (κ3) is 3.14. The van der Waals surface area contributed by atoms with Gasteiger partial charge in [-0.3, -0.25) is 9.69 Å². The highest BCUT2D eigenvalue weighted by atomic mass is 19.1. The van der Waals surface area contributed by atoms with E-state index in [0.29, 0.717) is 13.1 Å². The molecule has 1 amide bonds. The van der Waals surface area contributed by atoms with Crippen molar-refractivity contribution in [2.24, 2.45) is 0 Å². The maximum atomic E-state index is 13.2. The van der Waals surface area contributed by atoms with Gasteiger partial charge >= 0.3 is 0 Å². The molecule has 0 saturated heterocycles. The van der Waals surface area contributed by atoms with E-state index in [-0.39, 0.29) is 11.7 Å². The first-order chi connectivity index (χ1) is 11.5. The zero-order chi connectivity index (χ0) is 17.3. The molecule has 0 aliphatic carbocycles. The van der Waals surface area contributed by atoms with Crippen molar-refractivity contribution in [2.75, 3.05) is 14.1 Å². The number of rotatable bonds is 4. The average molecular weight is 328 g/mol. The van der Waals surface area contributed by atoms with Gasteiger partial charge in [-0.25, -0.2) is 14.4 Å². The van der Waals surface area contributed by atoms with Crippen molar-refractivity contribution in [1.29, 1.82) is 0 Å². The van der Waals surface area contributed by atoms with E-state index in [4.69, 9.17) is 0 Å². The van der Waals surface area contributed by atoms with Gasteiger partial charge in [0.15, 0.2) is 0 Å². The smallest absolute Gasteiger partial charge is 0.245 e. The van der Waals surface area contributed by atoms with Gasteiger partial charge < -0.3 is 4.90 Å². The third-order valence-corrected chi connectivity index (χ3v) is 4.27. The second-order valence-corrected chi connectivity index (χ2v) is 6.22. The predicted octanol–water partition coefficient (Wildman–Crippen LogP) is 2.32.